The van der Waals surface area contributed by atoms with Crippen molar-refractivity contribution < 1.29 is 0 Å². The van der Waals surface area contributed by atoms with Gasteiger partial charge in [-0.05, 0) is 18.1 Å². The maximum absolute atomic E-state index is 6.08. The predicted molar refractivity (Wildman–Crippen MR) is 58.9 cm³/mol. The molecular weight excluding hydrogens is 182 g/mol. The summed E-state index contributed by atoms with van der Waals surface area (Å²) in [6.45, 7) is 6.03. The molecule has 0 saturated carbocycles. The van der Waals surface area contributed by atoms with Crippen LogP contribution in [0.3, 0.4) is 0 Å². The Balaban J connectivity index is 3.22. The van der Waals surface area contributed by atoms with E-state index in [2.05, 4.69) is 24.9 Å². The van der Waals surface area contributed by atoms with Crippen LogP contribution in [0.15, 0.2) is 24.8 Å². The van der Waals surface area contributed by atoms with E-state index < -0.39 is 0 Å². The van der Waals surface area contributed by atoms with Gasteiger partial charge in [0.1, 0.15) is 0 Å². The molecule has 0 aromatic heterocycles. The van der Waals surface area contributed by atoms with Gasteiger partial charge in [0.05, 0.1) is 5.02 Å². The van der Waals surface area contributed by atoms with Gasteiger partial charge >= 0.3 is 0 Å². The van der Waals surface area contributed by atoms with Crippen LogP contribution in [0, 0.1) is 0 Å². The third kappa shape index (κ3) is 2.04. The molecule has 0 radical (unpaired) electrons. The third-order valence-corrected chi connectivity index (χ3v) is 2.40. The fraction of sp³-hybridized carbons (Fsp3) is 0.273. The van der Waals surface area contributed by atoms with Crippen LogP contribution in [0.4, 0.5) is 0 Å². The highest BCUT2D eigenvalue weighted by Crippen LogP contribution is 2.25. The summed E-state index contributed by atoms with van der Waals surface area (Å²) in [5.74, 6) is 0. The van der Waals surface area contributed by atoms with E-state index in [1.54, 1.807) is 0 Å². The van der Waals surface area contributed by atoms with Crippen molar-refractivity contribution in [2.24, 2.45) is 0 Å². The monoisotopic (exact) mass is 195 g/mol. The largest absolute Gasteiger partial charge is 0.388 e. The highest BCUT2D eigenvalue weighted by Gasteiger charge is 2.07. The second-order valence-corrected chi connectivity index (χ2v) is 3.26. The van der Waals surface area contributed by atoms with Gasteiger partial charge in [0.15, 0.2) is 0 Å². The Bertz CT molecular complexity index is 318. The molecule has 0 spiro atoms. The molecule has 0 aliphatic carbocycles. The first-order chi connectivity index (χ1) is 6.20. The first-order valence-electron chi connectivity index (χ1n) is 4.35. The van der Waals surface area contributed by atoms with Gasteiger partial charge in [-0.3, -0.25) is 0 Å². The lowest BCUT2D eigenvalue weighted by molar-refractivity contribution is 1.08. The van der Waals surface area contributed by atoms with E-state index in [1.165, 1.54) is 5.56 Å². The molecule has 1 aromatic carbocycles. The quantitative estimate of drug-likeness (QED) is 0.782. The minimum atomic E-state index is 0.763. The van der Waals surface area contributed by atoms with Gasteiger partial charge in [-0.1, -0.05) is 37.2 Å². The molecule has 0 heterocycles. The summed E-state index contributed by atoms with van der Waals surface area (Å²) < 4.78 is 0. The minimum absolute atomic E-state index is 0.763. The van der Waals surface area contributed by atoms with E-state index in [1.807, 2.05) is 19.2 Å². The van der Waals surface area contributed by atoms with Crippen molar-refractivity contribution in [2.45, 2.75) is 13.3 Å². The normalized spacial score (nSPS) is 9.77. The molecule has 1 nitrogen and oxygen atoms in total. The average molecular weight is 196 g/mol. The molecule has 1 rings (SSSR count). The molecule has 1 N–H and O–H groups in total. The minimum Gasteiger partial charge on any atom is -0.388 e. The van der Waals surface area contributed by atoms with E-state index in [9.17, 15) is 0 Å². The molecule has 0 atom stereocenters. The van der Waals surface area contributed by atoms with Gasteiger partial charge in [0.25, 0.3) is 0 Å². The lowest BCUT2D eigenvalue weighted by Gasteiger charge is -2.11. The summed E-state index contributed by atoms with van der Waals surface area (Å²) >= 11 is 6.08. The average Bonchev–Trinajstić information content (AvgIpc) is 2.16. The van der Waals surface area contributed by atoms with Crippen molar-refractivity contribution in [3.8, 4) is 0 Å². The molecular formula is C11H14ClN. The molecule has 0 unspecified atom stereocenters. The number of aryl methyl sites for hydroxylation is 1. The number of hydrogen-bond acceptors (Lipinski definition) is 1. The number of benzene rings is 1. The van der Waals surface area contributed by atoms with Crippen molar-refractivity contribution >= 4 is 17.3 Å². The Kier molecular flexibility index (Phi) is 3.38. The number of halogens is 1. The fourth-order valence-corrected chi connectivity index (χ4v) is 1.63. The SMILES string of the molecule is C=C(NC)c1c(Cl)cccc1CC. The summed E-state index contributed by atoms with van der Waals surface area (Å²) in [5.41, 5.74) is 3.14. The summed E-state index contributed by atoms with van der Waals surface area (Å²) in [5, 5.41) is 3.78. The van der Waals surface area contributed by atoms with Gasteiger partial charge in [-0.15, -0.1) is 0 Å². The Morgan fingerprint density at radius 2 is 2.23 bits per heavy atom. The highest BCUT2D eigenvalue weighted by atomic mass is 35.5. The lowest BCUT2D eigenvalue weighted by atomic mass is 10.0. The van der Waals surface area contributed by atoms with E-state index >= 15 is 0 Å². The van der Waals surface area contributed by atoms with Crippen LogP contribution in [-0.4, -0.2) is 7.05 Å². The molecule has 0 aliphatic heterocycles. The van der Waals surface area contributed by atoms with Gasteiger partial charge in [-0.2, -0.15) is 0 Å². The second kappa shape index (κ2) is 4.33. The van der Waals surface area contributed by atoms with Crippen LogP contribution in [-0.2, 0) is 6.42 Å². The van der Waals surface area contributed by atoms with Crippen LogP contribution < -0.4 is 5.32 Å². The number of hydrogen-bond donors (Lipinski definition) is 1. The summed E-state index contributed by atoms with van der Waals surface area (Å²) in [6, 6.07) is 5.93. The van der Waals surface area contributed by atoms with Crippen LogP contribution >= 0.6 is 11.6 Å². The Morgan fingerprint density at radius 1 is 1.54 bits per heavy atom. The maximum Gasteiger partial charge on any atom is 0.0501 e. The highest BCUT2D eigenvalue weighted by molar-refractivity contribution is 6.32. The summed E-state index contributed by atoms with van der Waals surface area (Å²) in [4.78, 5) is 0. The zero-order valence-corrected chi connectivity index (χ0v) is 8.78. The molecule has 0 saturated heterocycles. The van der Waals surface area contributed by atoms with Crippen LogP contribution in [0.5, 0.6) is 0 Å². The fourth-order valence-electron chi connectivity index (χ4n) is 1.33. The van der Waals surface area contributed by atoms with E-state index in [0.29, 0.717) is 0 Å². The van der Waals surface area contributed by atoms with Crippen LogP contribution in [0.1, 0.15) is 18.1 Å². The van der Waals surface area contributed by atoms with Crippen molar-refractivity contribution in [1.29, 1.82) is 0 Å². The topological polar surface area (TPSA) is 12.0 Å². The zero-order valence-electron chi connectivity index (χ0n) is 8.02. The molecule has 0 bridgehead atoms. The van der Waals surface area contributed by atoms with E-state index in [0.717, 1.165) is 22.7 Å². The first kappa shape index (κ1) is 10.1. The maximum atomic E-state index is 6.08. The standard InChI is InChI=1S/C11H14ClN/c1-4-9-6-5-7-10(12)11(9)8(2)13-3/h5-7,13H,2,4H2,1,3H3. The van der Waals surface area contributed by atoms with Gasteiger partial charge in [0, 0.05) is 18.3 Å². The second-order valence-electron chi connectivity index (χ2n) is 2.86. The molecule has 0 fully saturated rings. The summed E-state index contributed by atoms with van der Waals surface area (Å²) in [7, 11) is 1.85. The van der Waals surface area contributed by atoms with Crippen LogP contribution in [0.2, 0.25) is 5.02 Å². The molecule has 2 heteroatoms. The van der Waals surface area contributed by atoms with E-state index in [-0.39, 0.29) is 0 Å². The van der Waals surface area contributed by atoms with Gasteiger partial charge in [0.2, 0.25) is 0 Å². The Hall–Kier alpha value is -0.950. The molecule has 13 heavy (non-hydrogen) atoms. The van der Waals surface area contributed by atoms with Crippen LogP contribution in [0.25, 0.3) is 5.70 Å². The lowest BCUT2D eigenvalue weighted by Crippen LogP contribution is -2.06. The van der Waals surface area contributed by atoms with Crippen molar-refractivity contribution in [3.05, 3.63) is 40.9 Å². The van der Waals surface area contributed by atoms with E-state index in [4.69, 9.17) is 11.6 Å². The number of rotatable bonds is 3. The molecule has 0 amide bonds. The zero-order chi connectivity index (χ0) is 9.84. The Labute approximate surface area is 84.4 Å². The van der Waals surface area contributed by atoms with Crippen molar-refractivity contribution in [1.82, 2.24) is 5.32 Å². The van der Waals surface area contributed by atoms with Gasteiger partial charge < -0.3 is 5.32 Å². The number of nitrogens with one attached hydrogen (secondary N) is 1. The molecule has 1 aromatic rings. The predicted octanol–water partition coefficient (Wildman–Crippen LogP) is 3.09. The molecule has 0 aliphatic rings. The smallest absolute Gasteiger partial charge is 0.0501 e. The molecule has 70 valence electrons. The van der Waals surface area contributed by atoms with Gasteiger partial charge in [-0.25, -0.2) is 0 Å². The van der Waals surface area contributed by atoms with Crippen molar-refractivity contribution in [3.63, 3.8) is 0 Å². The first-order valence-corrected chi connectivity index (χ1v) is 4.73. The summed E-state index contributed by atoms with van der Waals surface area (Å²) in [6.07, 6.45) is 0.969. The third-order valence-electron chi connectivity index (χ3n) is 2.08. The Morgan fingerprint density at radius 3 is 2.77 bits per heavy atom. The van der Waals surface area contributed by atoms with Crippen molar-refractivity contribution in [2.75, 3.05) is 7.05 Å².